The molecule has 1 aliphatic rings. The van der Waals surface area contributed by atoms with Crippen molar-refractivity contribution in [1.82, 2.24) is 19.4 Å². The smallest absolute Gasteiger partial charge is 0.227 e. The number of carbonyl (C=O) groups excluding carboxylic acids is 1. The molecule has 5 heteroatoms. The van der Waals surface area contributed by atoms with E-state index in [1.807, 2.05) is 42.5 Å². The number of piperidine rings is 1. The molecule has 1 unspecified atom stereocenters. The molecule has 0 spiro atoms. The Balaban J connectivity index is 1.40. The van der Waals surface area contributed by atoms with Gasteiger partial charge in [0.1, 0.15) is 0 Å². The number of likely N-dealkylation sites (tertiary alicyclic amines) is 1. The third-order valence-electron chi connectivity index (χ3n) is 6.72. The number of rotatable bonds is 8. The second-order valence-corrected chi connectivity index (χ2v) is 9.11. The minimum absolute atomic E-state index is 0.249. The van der Waals surface area contributed by atoms with E-state index in [0.29, 0.717) is 18.4 Å². The summed E-state index contributed by atoms with van der Waals surface area (Å²) in [5.74, 6) is 0.821. The quantitative estimate of drug-likeness (QED) is 0.543. The Labute approximate surface area is 191 Å². The number of hydrogen-bond acceptors (Lipinski definition) is 3. The summed E-state index contributed by atoms with van der Waals surface area (Å²) in [6.07, 6.45) is 11.4. The maximum atomic E-state index is 12.8. The van der Waals surface area contributed by atoms with E-state index in [4.69, 9.17) is 0 Å². The van der Waals surface area contributed by atoms with Gasteiger partial charge >= 0.3 is 0 Å². The monoisotopic (exact) mass is 430 g/mol. The van der Waals surface area contributed by atoms with Crippen molar-refractivity contribution in [2.45, 2.75) is 38.3 Å². The lowest BCUT2D eigenvalue weighted by Crippen LogP contribution is -2.46. The van der Waals surface area contributed by atoms with E-state index in [0.717, 1.165) is 44.5 Å². The fourth-order valence-electron chi connectivity index (χ4n) is 4.92. The Hall–Kier alpha value is -2.92. The van der Waals surface area contributed by atoms with Crippen LogP contribution in [0, 0.1) is 5.92 Å². The molecule has 1 fully saturated rings. The minimum atomic E-state index is 0.249. The zero-order valence-electron chi connectivity index (χ0n) is 19.2. The van der Waals surface area contributed by atoms with Gasteiger partial charge in [-0.3, -0.25) is 14.7 Å². The molecule has 0 aliphatic carbocycles. The number of nitrogens with zero attached hydrogens (tertiary/aromatic N) is 4. The van der Waals surface area contributed by atoms with Crippen LogP contribution in [0.4, 0.5) is 0 Å². The summed E-state index contributed by atoms with van der Waals surface area (Å²) in [7, 11) is 4.23. The Bertz CT molecular complexity index is 977. The molecular formula is C27H34N4O. The van der Waals surface area contributed by atoms with Crippen LogP contribution in [0.1, 0.15) is 29.5 Å². The first-order valence-electron chi connectivity index (χ1n) is 11.6. The maximum Gasteiger partial charge on any atom is 0.227 e. The zero-order valence-corrected chi connectivity index (χ0v) is 19.2. The average Bonchev–Trinajstić information content (AvgIpc) is 3.23. The lowest BCUT2D eigenvalue weighted by molar-refractivity contribution is -0.132. The van der Waals surface area contributed by atoms with Crippen LogP contribution in [-0.2, 0) is 31.2 Å². The van der Waals surface area contributed by atoms with Crippen LogP contribution >= 0.6 is 0 Å². The third kappa shape index (κ3) is 5.86. The predicted molar refractivity (Wildman–Crippen MR) is 128 cm³/mol. The Morgan fingerprint density at radius 3 is 2.41 bits per heavy atom. The number of aromatic nitrogens is 2. The van der Waals surface area contributed by atoms with E-state index in [2.05, 4.69) is 64.3 Å². The minimum Gasteiger partial charge on any atom is -0.357 e. The van der Waals surface area contributed by atoms with Crippen LogP contribution in [0.3, 0.4) is 0 Å². The molecule has 5 nitrogen and oxygen atoms in total. The van der Waals surface area contributed by atoms with E-state index in [-0.39, 0.29) is 5.91 Å². The highest BCUT2D eigenvalue weighted by atomic mass is 16.2. The number of hydrogen-bond donors (Lipinski definition) is 0. The van der Waals surface area contributed by atoms with E-state index >= 15 is 0 Å². The van der Waals surface area contributed by atoms with Crippen LogP contribution in [-0.4, -0.2) is 51.4 Å². The van der Waals surface area contributed by atoms with Crippen LogP contribution in [0.2, 0.25) is 0 Å². The number of likely N-dealkylation sites (N-methyl/N-ethyl adjacent to an activating group) is 1. The van der Waals surface area contributed by atoms with Gasteiger partial charge in [0.15, 0.2) is 0 Å². The van der Waals surface area contributed by atoms with Crippen molar-refractivity contribution in [2.75, 3.05) is 20.1 Å². The molecule has 168 valence electrons. The number of benzene rings is 1. The molecule has 0 radical (unpaired) electrons. The maximum absolute atomic E-state index is 12.8. The van der Waals surface area contributed by atoms with Crippen LogP contribution in [0.25, 0.3) is 0 Å². The fourth-order valence-corrected chi connectivity index (χ4v) is 4.92. The highest BCUT2D eigenvalue weighted by Gasteiger charge is 2.31. The van der Waals surface area contributed by atoms with Gasteiger partial charge in [-0.25, -0.2) is 0 Å². The molecule has 0 bridgehead atoms. The van der Waals surface area contributed by atoms with Crippen molar-refractivity contribution in [3.63, 3.8) is 0 Å². The van der Waals surface area contributed by atoms with Crippen molar-refractivity contribution in [2.24, 2.45) is 13.0 Å². The first kappa shape index (κ1) is 22.3. The standard InChI is InChI=1S/C27H34N4O/c1-29-15-10-24(20-29)19-27(32)31-16-11-25(12-17-31)26(18-22-6-4-3-5-7-22)30(2)21-23-8-13-28-14-9-23/h3-10,13-15,20,25-26H,11-12,16-19,21H2,1-2H3. The molecule has 1 aromatic carbocycles. The summed E-state index contributed by atoms with van der Waals surface area (Å²) in [6.45, 7) is 2.61. The van der Waals surface area contributed by atoms with Gasteiger partial charge in [-0.05, 0) is 67.1 Å². The molecule has 1 amide bonds. The molecule has 0 N–H and O–H groups in total. The summed E-state index contributed by atoms with van der Waals surface area (Å²) >= 11 is 0. The molecule has 1 aliphatic heterocycles. The number of carbonyl (C=O) groups is 1. The molecule has 4 rings (SSSR count). The van der Waals surface area contributed by atoms with Crippen molar-refractivity contribution in [3.8, 4) is 0 Å². The first-order valence-corrected chi connectivity index (χ1v) is 11.6. The largest absolute Gasteiger partial charge is 0.357 e. The molecule has 3 heterocycles. The SMILES string of the molecule is CN(Cc1ccncc1)C(Cc1ccccc1)C1CCN(C(=O)Cc2ccn(C)c2)CC1. The Morgan fingerprint density at radius 1 is 1.03 bits per heavy atom. The van der Waals surface area contributed by atoms with Crippen LogP contribution in [0.15, 0.2) is 73.3 Å². The predicted octanol–water partition coefficient (Wildman–Crippen LogP) is 3.94. The number of amides is 1. The molecule has 1 atom stereocenters. The normalized spacial score (nSPS) is 15.8. The second-order valence-electron chi connectivity index (χ2n) is 9.11. The molecule has 3 aromatic rings. The van der Waals surface area contributed by atoms with Crippen molar-refractivity contribution < 1.29 is 4.79 Å². The number of pyridine rings is 1. The van der Waals surface area contributed by atoms with Gasteiger partial charge in [-0.2, -0.15) is 0 Å². The van der Waals surface area contributed by atoms with E-state index in [1.165, 1.54) is 11.1 Å². The van der Waals surface area contributed by atoms with Gasteiger partial charge in [-0.15, -0.1) is 0 Å². The lowest BCUT2D eigenvalue weighted by Gasteiger charge is -2.40. The highest BCUT2D eigenvalue weighted by molar-refractivity contribution is 5.78. The van der Waals surface area contributed by atoms with Crippen molar-refractivity contribution in [3.05, 3.63) is 90.0 Å². The second kappa shape index (κ2) is 10.6. The Morgan fingerprint density at radius 2 is 1.75 bits per heavy atom. The van der Waals surface area contributed by atoms with E-state index < -0.39 is 0 Å². The lowest BCUT2D eigenvalue weighted by atomic mass is 9.84. The van der Waals surface area contributed by atoms with Crippen molar-refractivity contribution >= 4 is 5.91 Å². The average molecular weight is 431 g/mol. The number of aryl methyl sites for hydroxylation is 1. The Kier molecular flexibility index (Phi) is 7.38. The zero-order chi connectivity index (χ0) is 22.3. The molecule has 2 aromatic heterocycles. The fraction of sp³-hybridized carbons (Fsp3) is 0.407. The van der Waals surface area contributed by atoms with E-state index in [1.54, 1.807) is 0 Å². The summed E-state index contributed by atoms with van der Waals surface area (Å²) < 4.78 is 2.00. The summed E-state index contributed by atoms with van der Waals surface area (Å²) in [5.41, 5.74) is 3.76. The third-order valence-corrected chi connectivity index (χ3v) is 6.72. The topological polar surface area (TPSA) is 41.4 Å². The molecule has 32 heavy (non-hydrogen) atoms. The van der Waals surface area contributed by atoms with Gasteiger partial charge in [-0.1, -0.05) is 30.3 Å². The van der Waals surface area contributed by atoms with Gasteiger partial charge in [0.05, 0.1) is 6.42 Å². The van der Waals surface area contributed by atoms with Crippen LogP contribution < -0.4 is 0 Å². The molecule has 1 saturated heterocycles. The summed E-state index contributed by atoms with van der Waals surface area (Å²) in [5, 5.41) is 0. The summed E-state index contributed by atoms with van der Waals surface area (Å²) in [6, 6.07) is 17.5. The molecular weight excluding hydrogens is 396 g/mol. The van der Waals surface area contributed by atoms with Crippen molar-refractivity contribution in [1.29, 1.82) is 0 Å². The van der Waals surface area contributed by atoms with Gasteiger partial charge in [0, 0.05) is 57.5 Å². The first-order chi connectivity index (χ1) is 15.6. The van der Waals surface area contributed by atoms with Crippen LogP contribution in [0.5, 0.6) is 0 Å². The van der Waals surface area contributed by atoms with Gasteiger partial charge in [0.25, 0.3) is 0 Å². The molecule has 0 saturated carbocycles. The highest BCUT2D eigenvalue weighted by Crippen LogP contribution is 2.27. The van der Waals surface area contributed by atoms with Gasteiger partial charge in [0.2, 0.25) is 5.91 Å². The van der Waals surface area contributed by atoms with Gasteiger partial charge < -0.3 is 9.47 Å². The summed E-state index contributed by atoms with van der Waals surface area (Å²) in [4.78, 5) is 21.5. The van der Waals surface area contributed by atoms with E-state index in [9.17, 15) is 4.79 Å².